The fourth-order valence-corrected chi connectivity index (χ4v) is 3.59. The second kappa shape index (κ2) is 6.29. The first-order valence-corrected chi connectivity index (χ1v) is 8.38. The highest BCUT2D eigenvalue weighted by molar-refractivity contribution is 5.99. The largest absolute Gasteiger partial charge is 0.479 e. The van der Waals surface area contributed by atoms with Crippen LogP contribution in [0.5, 0.6) is 5.75 Å². The zero-order valence-corrected chi connectivity index (χ0v) is 13.8. The molecule has 0 aromatic heterocycles. The molecular formula is C18H26N2O2. The van der Waals surface area contributed by atoms with Crippen molar-refractivity contribution in [1.82, 2.24) is 5.32 Å². The van der Waals surface area contributed by atoms with Crippen molar-refractivity contribution in [3.05, 3.63) is 23.8 Å². The molecule has 2 unspecified atom stereocenters. The van der Waals surface area contributed by atoms with Gasteiger partial charge in [0, 0.05) is 19.1 Å². The lowest BCUT2D eigenvalue weighted by Gasteiger charge is -2.30. The number of anilines is 1. The Labute approximate surface area is 132 Å². The number of ether oxygens (including phenoxy) is 1. The van der Waals surface area contributed by atoms with Crippen LogP contribution < -0.4 is 15.0 Å². The fraction of sp³-hybridized carbons (Fsp3) is 0.611. The molecule has 4 heteroatoms. The summed E-state index contributed by atoms with van der Waals surface area (Å²) in [6.45, 7) is 4.04. The molecule has 120 valence electrons. The van der Waals surface area contributed by atoms with Crippen LogP contribution in [-0.2, 0) is 11.2 Å². The number of fused-ring (bicyclic) bond motifs is 1. The lowest BCUT2D eigenvalue weighted by atomic mass is 10.0. The lowest BCUT2D eigenvalue weighted by molar-refractivity contribution is -0.125. The molecule has 1 amide bonds. The topological polar surface area (TPSA) is 41.6 Å². The maximum absolute atomic E-state index is 12.0. The van der Waals surface area contributed by atoms with Crippen LogP contribution in [0.2, 0.25) is 0 Å². The van der Waals surface area contributed by atoms with E-state index in [1.54, 1.807) is 11.8 Å². The minimum absolute atomic E-state index is 0.0155. The molecule has 1 saturated carbocycles. The number of benzene rings is 1. The average Bonchev–Trinajstić information content (AvgIpc) is 2.98. The summed E-state index contributed by atoms with van der Waals surface area (Å²) in [7, 11) is 1.82. The molecule has 1 aromatic rings. The first kappa shape index (κ1) is 15.3. The van der Waals surface area contributed by atoms with Crippen molar-refractivity contribution in [2.75, 3.05) is 11.9 Å². The molecule has 1 aliphatic heterocycles. The smallest absolute Gasteiger partial charge is 0.267 e. The zero-order chi connectivity index (χ0) is 15.7. The first-order valence-electron chi connectivity index (χ1n) is 8.38. The minimum atomic E-state index is -0.397. The van der Waals surface area contributed by atoms with Crippen LogP contribution in [0, 0.1) is 0 Å². The van der Waals surface area contributed by atoms with Gasteiger partial charge >= 0.3 is 0 Å². The number of carbonyl (C=O) groups is 1. The number of nitrogens with zero attached hydrogens (tertiary/aromatic N) is 1. The summed E-state index contributed by atoms with van der Waals surface area (Å²) in [5.74, 6) is 0.816. The van der Waals surface area contributed by atoms with Gasteiger partial charge in [0.25, 0.3) is 5.91 Å². The Morgan fingerprint density at radius 1 is 1.36 bits per heavy atom. The van der Waals surface area contributed by atoms with Gasteiger partial charge in [0.2, 0.25) is 0 Å². The van der Waals surface area contributed by atoms with Gasteiger partial charge in [0.05, 0.1) is 5.69 Å². The molecule has 1 fully saturated rings. The normalized spacial score (nSPS) is 23.3. The Kier molecular flexibility index (Phi) is 4.39. The maximum Gasteiger partial charge on any atom is 0.267 e. The molecule has 1 N–H and O–H groups in total. The Balaban J connectivity index is 1.69. The molecule has 2 aliphatic rings. The average molecular weight is 302 g/mol. The molecular weight excluding hydrogens is 276 g/mol. The molecule has 0 radical (unpaired) electrons. The predicted molar refractivity (Wildman–Crippen MR) is 88.5 cm³/mol. The number of amides is 1. The van der Waals surface area contributed by atoms with Gasteiger partial charge in [-0.15, -0.1) is 0 Å². The predicted octanol–water partition coefficient (Wildman–Crippen LogP) is 2.89. The molecule has 0 saturated heterocycles. The third kappa shape index (κ3) is 3.12. The maximum atomic E-state index is 12.0. The number of nitrogens with one attached hydrogen (secondary N) is 1. The van der Waals surface area contributed by atoms with Crippen LogP contribution in [-0.4, -0.2) is 31.1 Å². The van der Waals surface area contributed by atoms with E-state index in [4.69, 9.17) is 4.74 Å². The van der Waals surface area contributed by atoms with Gasteiger partial charge in [0.1, 0.15) is 5.75 Å². The fourth-order valence-electron chi connectivity index (χ4n) is 3.59. The van der Waals surface area contributed by atoms with Crippen molar-refractivity contribution in [1.29, 1.82) is 0 Å². The standard InChI is InChI=1S/C18H26N2O2/c1-12(19-15-6-4-5-7-15)10-14-8-9-17-16(11-14)20(3)18(21)13(2)22-17/h8-9,11-13,15,19H,4-7,10H2,1-3H3. The SMILES string of the molecule is CC(Cc1ccc2c(c1)N(C)C(=O)C(C)O2)NC1CCCC1. The summed E-state index contributed by atoms with van der Waals surface area (Å²) in [6, 6.07) is 7.33. The third-order valence-electron chi connectivity index (χ3n) is 4.78. The highest BCUT2D eigenvalue weighted by Crippen LogP contribution is 2.34. The van der Waals surface area contributed by atoms with Crippen LogP contribution in [0.15, 0.2) is 18.2 Å². The van der Waals surface area contributed by atoms with Crippen molar-refractivity contribution in [3.63, 3.8) is 0 Å². The summed E-state index contributed by atoms with van der Waals surface area (Å²) in [5, 5.41) is 3.72. The van der Waals surface area contributed by atoms with Gasteiger partial charge in [-0.1, -0.05) is 18.9 Å². The summed E-state index contributed by atoms with van der Waals surface area (Å²) in [4.78, 5) is 13.8. The molecule has 0 bridgehead atoms. The lowest BCUT2D eigenvalue weighted by Crippen LogP contribution is -2.42. The number of likely N-dealkylation sites (N-methyl/N-ethyl adjacent to an activating group) is 1. The van der Waals surface area contributed by atoms with Crippen molar-refractivity contribution >= 4 is 11.6 Å². The van der Waals surface area contributed by atoms with Crippen molar-refractivity contribution in [2.24, 2.45) is 0 Å². The van der Waals surface area contributed by atoms with E-state index in [9.17, 15) is 4.79 Å². The molecule has 1 aliphatic carbocycles. The van der Waals surface area contributed by atoms with Crippen LogP contribution >= 0.6 is 0 Å². The Morgan fingerprint density at radius 2 is 2.09 bits per heavy atom. The summed E-state index contributed by atoms with van der Waals surface area (Å²) < 4.78 is 5.68. The van der Waals surface area contributed by atoms with E-state index in [0.29, 0.717) is 12.1 Å². The van der Waals surface area contributed by atoms with Gasteiger partial charge in [-0.25, -0.2) is 0 Å². The van der Waals surface area contributed by atoms with Crippen molar-refractivity contribution < 1.29 is 9.53 Å². The number of rotatable bonds is 4. The number of hydrogen-bond donors (Lipinski definition) is 1. The number of carbonyl (C=O) groups excluding carboxylic acids is 1. The van der Waals surface area contributed by atoms with E-state index in [1.807, 2.05) is 13.1 Å². The van der Waals surface area contributed by atoms with Crippen LogP contribution in [0.1, 0.15) is 45.1 Å². The van der Waals surface area contributed by atoms with Gasteiger partial charge in [-0.2, -0.15) is 0 Å². The van der Waals surface area contributed by atoms with Crippen molar-refractivity contribution in [3.8, 4) is 5.75 Å². The molecule has 4 nitrogen and oxygen atoms in total. The van der Waals surface area contributed by atoms with E-state index in [1.165, 1.54) is 31.2 Å². The Bertz CT molecular complexity index is 552. The second-order valence-electron chi connectivity index (χ2n) is 6.71. The summed E-state index contributed by atoms with van der Waals surface area (Å²) >= 11 is 0. The highest BCUT2D eigenvalue weighted by Gasteiger charge is 2.29. The van der Waals surface area contributed by atoms with E-state index < -0.39 is 6.10 Å². The van der Waals surface area contributed by atoms with Gasteiger partial charge in [-0.3, -0.25) is 4.79 Å². The monoisotopic (exact) mass is 302 g/mol. The Morgan fingerprint density at radius 3 is 2.82 bits per heavy atom. The second-order valence-corrected chi connectivity index (χ2v) is 6.71. The van der Waals surface area contributed by atoms with Crippen LogP contribution in [0.25, 0.3) is 0 Å². The van der Waals surface area contributed by atoms with Crippen LogP contribution in [0.3, 0.4) is 0 Å². The molecule has 1 aromatic carbocycles. The van der Waals surface area contributed by atoms with Crippen LogP contribution in [0.4, 0.5) is 5.69 Å². The first-order chi connectivity index (χ1) is 10.5. The highest BCUT2D eigenvalue weighted by atomic mass is 16.5. The van der Waals surface area contributed by atoms with Gasteiger partial charge in [-0.05, 0) is 50.8 Å². The quantitative estimate of drug-likeness (QED) is 0.930. The molecule has 22 heavy (non-hydrogen) atoms. The molecule has 2 atom stereocenters. The molecule has 0 spiro atoms. The zero-order valence-electron chi connectivity index (χ0n) is 13.8. The molecule has 1 heterocycles. The van der Waals surface area contributed by atoms with Gasteiger partial charge < -0.3 is 15.0 Å². The number of hydrogen-bond acceptors (Lipinski definition) is 3. The van der Waals surface area contributed by atoms with Gasteiger partial charge in [0.15, 0.2) is 6.10 Å². The summed E-state index contributed by atoms with van der Waals surface area (Å²) in [5.41, 5.74) is 2.13. The van der Waals surface area contributed by atoms with E-state index >= 15 is 0 Å². The van der Waals surface area contributed by atoms with E-state index in [-0.39, 0.29) is 5.91 Å². The Hall–Kier alpha value is -1.55. The molecule has 3 rings (SSSR count). The van der Waals surface area contributed by atoms with E-state index in [2.05, 4.69) is 24.4 Å². The summed E-state index contributed by atoms with van der Waals surface area (Å²) in [6.07, 6.45) is 5.89. The van der Waals surface area contributed by atoms with E-state index in [0.717, 1.165) is 17.9 Å². The third-order valence-corrected chi connectivity index (χ3v) is 4.78. The minimum Gasteiger partial charge on any atom is -0.479 e. The van der Waals surface area contributed by atoms with Crippen molar-refractivity contribution in [2.45, 2.75) is 64.1 Å².